The minimum absolute atomic E-state index is 1.90. The number of rotatable bonds is 0. The molecular weight excluding hydrogens is 324 g/mol. The number of halogens is 10. The van der Waals surface area contributed by atoms with E-state index in [1.807, 2.05) is 0 Å². The van der Waals surface area contributed by atoms with E-state index in [0.29, 0.717) is 0 Å². The van der Waals surface area contributed by atoms with Gasteiger partial charge in [0.2, 0.25) is 5.82 Å². The monoisotopic (exact) mass is 324 g/mol. The van der Waals surface area contributed by atoms with Crippen molar-refractivity contribution in [1.82, 2.24) is 0 Å². The number of alkyl halides is 3. The van der Waals surface area contributed by atoms with Gasteiger partial charge in [0.05, 0.1) is 5.39 Å². The van der Waals surface area contributed by atoms with E-state index in [1.165, 1.54) is 0 Å². The molecule has 0 aliphatic heterocycles. The van der Waals surface area contributed by atoms with Crippen LogP contribution in [0.25, 0.3) is 10.8 Å². The van der Waals surface area contributed by atoms with Crippen LogP contribution in [0, 0.1) is 41.0 Å². The Morgan fingerprint density at radius 2 is 0.952 bits per heavy atom. The first-order chi connectivity index (χ1) is 9.50. The Morgan fingerprint density at radius 3 is 1.38 bits per heavy atom. The molecule has 0 spiro atoms. The van der Waals surface area contributed by atoms with Crippen molar-refractivity contribution < 1.29 is 48.5 Å². The highest BCUT2D eigenvalue weighted by Crippen LogP contribution is 2.31. The van der Waals surface area contributed by atoms with E-state index in [9.17, 15) is 43.9 Å². The second-order valence-electron chi connectivity index (χ2n) is 3.70. The Bertz CT molecular complexity index is 763. The SMILES string of the molecule is Fc1c(F)c(F)c2c(F)[n+](C(F)(F)F)c(F)c(F)c2c1F. The van der Waals surface area contributed by atoms with Gasteiger partial charge in [0.25, 0.3) is 0 Å². The quantitative estimate of drug-likeness (QED) is 0.229. The minimum atomic E-state index is -5.89. The predicted octanol–water partition coefficient (Wildman–Crippen LogP) is 3.58. The zero-order valence-corrected chi connectivity index (χ0v) is 9.23. The van der Waals surface area contributed by atoms with Crippen LogP contribution in [0.5, 0.6) is 0 Å². The first kappa shape index (κ1) is 15.3. The molecule has 0 atom stereocenters. The van der Waals surface area contributed by atoms with Gasteiger partial charge in [-0.25, -0.2) is 17.6 Å². The van der Waals surface area contributed by atoms with Crippen LogP contribution in [-0.4, -0.2) is 0 Å². The summed E-state index contributed by atoms with van der Waals surface area (Å²) in [6.07, 6.45) is -5.89. The average Bonchev–Trinajstić information content (AvgIpc) is 2.36. The third-order valence-electron chi connectivity index (χ3n) is 2.52. The molecule has 0 N–H and O–H groups in total. The lowest BCUT2D eigenvalue weighted by Crippen LogP contribution is -2.54. The molecule has 0 fully saturated rings. The van der Waals surface area contributed by atoms with Crippen molar-refractivity contribution in [3.8, 4) is 0 Å². The number of pyridine rings is 1. The Morgan fingerprint density at radius 1 is 0.524 bits per heavy atom. The molecule has 0 radical (unpaired) electrons. The van der Waals surface area contributed by atoms with Crippen LogP contribution in [-0.2, 0) is 6.30 Å². The maximum absolute atomic E-state index is 13.5. The fourth-order valence-corrected chi connectivity index (χ4v) is 1.65. The topological polar surface area (TPSA) is 3.88 Å². The van der Waals surface area contributed by atoms with Crippen molar-refractivity contribution in [2.45, 2.75) is 6.30 Å². The van der Waals surface area contributed by atoms with Crippen LogP contribution in [0.3, 0.4) is 0 Å². The van der Waals surface area contributed by atoms with Crippen molar-refractivity contribution in [3.63, 3.8) is 0 Å². The number of aromatic nitrogens is 1. The number of benzene rings is 1. The second-order valence-corrected chi connectivity index (χ2v) is 3.70. The average molecular weight is 324 g/mol. The molecule has 2 aromatic rings. The van der Waals surface area contributed by atoms with E-state index in [1.54, 1.807) is 0 Å². The van der Waals surface area contributed by atoms with Crippen molar-refractivity contribution in [2.75, 3.05) is 0 Å². The highest BCUT2D eigenvalue weighted by atomic mass is 19.4. The lowest BCUT2D eigenvalue weighted by Gasteiger charge is -2.08. The Labute approximate surface area is 108 Å². The standard InChI is InChI=1S/C10F10N/c11-3-1-2(4(12)7(15)6(3)14)8(16)21(10(18,19)20)9(17)5(1)13/q+1. The summed E-state index contributed by atoms with van der Waals surface area (Å²) in [4.78, 5) is 0. The maximum atomic E-state index is 13.5. The molecule has 114 valence electrons. The second kappa shape index (κ2) is 4.46. The summed E-state index contributed by atoms with van der Waals surface area (Å²) in [5.74, 6) is -19.0. The summed E-state index contributed by atoms with van der Waals surface area (Å²) in [7, 11) is 0. The summed E-state index contributed by atoms with van der Waals surface area (Å²) >= 11 is 0. The molecule has 0 saturated heterocycles. The third-order valence-corrected chi connectivity index (χ3v) is 2.52. The van der Waals surface area contributed by atoms with Crippen molar-refractivity contribution in [2.24, 2.45) is 0 Å². The molecule has 1 aromatic heterocycles. The molecule has 0 saturated carbocycles. The predicted molar refractivity (Wildman–Crippen MR) is 45.1 cm³/mol. The van der Waals surface area contributed by atoms with Gasteiger partial charge in [0.1, 0.15) is 5.39 Å². The van der Waals surface area contributed by atoms with Gasteiger partial charge < -0.3 is 0 Å². The van der Waals surface area contributed by atoms with Crippen LogP contribution in [0.15, 0.2) is 0 Å². The molecule has 0 amide bonds. The molecule has 1 heterocycles. The van der Waals surface area contributed by atoms with E-state index in [4.69, 9.17) is 0 Å². The van der Waals surface area contributed by atoms with Crippen LogP contribution >= 0.6 is 0 Å². The Hall–Kier alpha value is -2.07. The smallest absolute Gasteiger partial charge is 0.203 e. The lowest BCUT2D eigenvalue weighted by atomic mass is 10.1. The molecular formula is C10F10N+. The summed E-state index contributed by atoms with van der Waals surface area (Å²) in [6.45, 7) is 0. The zero-order valence-electron chi connectivity index (χ0n) is 9.23. The molecule has 0 aliphatic rings. The van der Waals surface area contributed by atoms with Gasteiger partial charge in [-0.15, -0.1) is 22.0 Å². The van der Waals surface area contributed by atoms with E-state index < -0.39 is 62.6 Å². The normalized spacial score (nSPS) is 12.3. The van der Waals surface area contributed by atoms with Crippen LogP contribution in [0.4, 0.5) is 43.9 Å². The minimum Gasteiger partial charge on any atom is -0.203 e. The van der Waals surface area contributed by atoms with Crippen LogP contribution < -0.4 is 4.57 Å². The zero-order chi connectivity index (χ0) is 16.3. The molecule has 0 aliphatic carbocycles. The van der Waals surface area contributed by atoms with Crippen LogP contribution in [0.1, 0.15) is 0 Å². The highest BCUT2D eigenvalue weighted by molar-refractivity contribution is 5.83. The van der Waals surface area contributed by atoms with Gasteiger partial charge in [0, 0.05) is 0 Å². The fourth-order valence-electron chi connectivity index (χ4n) is 1.65. The van der Waals surface area contributed by atoms with Gasteiger partial charge in [-0.3, -0.25) is 0 Å². The number of nitrogens with zero attached hydrogens (tertiary/aromatic N) is 1. The fraction of sp³-hybridized carbons (Fsp3) is 0.100. The maximum Gasteiger partial charge on any atom is 0.643 e. The molecule has 0 unspecified atom stereocenters. The molecule has 21 heavy (non-hydrogen) atoms. The first-order valence-corrected chi connectivity index (χ1v) is 4.81. The number of hydrogen-bond donors (Lipinski definition) is 0. The molecule has 1 aromatic carbocycles. The molecule has 1 nitrogen and oxygen atoms in total. The first-order valence-electron chi connectivity index (χ1n) is 4.81. The third kappa shape index (κ3) is 1.98. The summed E-state index contributed by atoms with van der Waals surface area (Å²) in [6, 6.07) is 0. The molecule has 11 heteroatoms. The van der Waals surface area contributed by atoms with E-state index in [2.05, 4.69) is 0 Å². The van der Waals surface area contributed by atoms with E-state index >= 15 is 0 Å². The summed E-state index contributed by atoms with van der Waals surface area (Å²) < 4.78 is 128. The van der Waals surface area contributed by atoms with E-state index in [-0.39, 0.29) is 0 Å². The van der Waals surface area contributed by atoms with Gasteiger partial charge in [-0.05, 0) is 4.57 Å². The largest absolute Gasteiger partial charge is 0.643 e. The summed E-state index contributed by atoms with van der Waals surface area (Å²) in [5, 5.41) is -4.32. The van der Waals surface area contributed by atoms with Gasteiger partial charge in [-0.1, -0.05) is 0 Å². The van der Waals surface area contributed by atoms with Gasteiger partial charge >= 0.3 is 18.2 Å². The number of hydrogen-bond acceptors (Lipinski definition) is 0. The summed E-state index contributed by atoms with van der Waals surface area (Å²) in [5.41, 5.74) is 0. The van der Waals surface area contributed by atoms with E-state index in [0.717, 1.165) is 0 Å². The number of fused-ring (bicyclic) bond motifs is 1. The molecule has 2 rings (SSSR count). The van der Waals surface area contributed by atoms with Gasteiger partial charge in [-0.2, -0.15) is 4.39 Å². The Kier molecular flexibility index (Phi) is 3.26. The lowest BCUT2D eigenvalue weighted by molar-refractivity contribution is -0.890. The van der Waals surface area contributed by atoms with Crippen molar-refractivity contribution in [3.05, 3.63) is 41.0 Å². The highest BCUT2D eigenvalue weighted by Gasteiger charge is 2.51. The van der Waals surface area contributed by atoms with Crippen LogP contribution in [0.2, 0.25) is 0 Å². The Balaban J connectivity index is 3.19. The van der Waals surface area contributed by atoms with Gasteiger partial charge in [0.15, 0.2) is 23.3 Å². The van der Waals surface area contributed by atoms with Crippen molar-refractivity contribution in [1.29, 1.82) is 0 Å². The van der Waals surface area contributed by atoms with Crippen molar-refractivity contribution >= 4 is 10.8 Å². The molecule has 0 bridgehead atoms.